The van der Waals surface area contributed by atoms with Crippen molar-refractivity contribution < 1.29 is 18.7 Å². The van der Waals surface area contributed by atoms with Crippen molar-refractivity contribution in [3.63, 3.8) is 0 Å². The summed E-state index contributed by atoms with van der Waals surface area (Å²) in [7, 11) is -3.78. The zero-order valence-electron chi connectivity index (χ0n) is 24.9. The molecule has 0 radical (unpaired) electrons. The van der Waals surface area contributed by atoms with E-state index in [0.29, 0.717) is 23.5 Å². The van der Waals surface area contributed by atoms with Crippen LogP contribution in [0.1, 0.15) is 129 Å². The number of rotatable bonds is 24. The second-order valence-electron chi connectivity index (χ2n) is 11.8. The number of imidazole rings is 1. The summed E-state index contributed by atoms with van der Waals surface area (Å²) in [6.07, 6.45) is 27.9. The van der Waals surface area contributed by atoms with Gasteiger partial charge in [0.2, 0.25) is 0 Å². The van der Waals surface area contributed by atoms with Gasteiger partial charge in [-0.2, -0.15) is 0 Å². The Morgan fingerprint density at radius 1 is 0.925 bits per heavy atom. The van der Waals surface area contributed by atoms with Gasteiger partial charge in [-0.3, -0.25) is 4.57 Å². The fourth-order valence-corrected chi connectivity index (χ4v) is 6.37. The van der Waals surface area contributed by atoms with Gasteiger partial charge in [0, 0.05) is 0 Å². The lowest BCUT2D eigenvalue weighted by molar-refractivity contribution is 0.0715. The van der Waals surface area contributed by atoms with E-state index in [1.54, 1.807) is 10.9 Å². The minimum atomic E-state index is -3.78. The predicted octanol–water partition coefficient (Wildman–Crippen LogP) is 8.01. The van der Waals surface area contributed by atoms with Gasteiger partial charge in [0.1, 0.15) is 18.2 Å². The third kappa shape index (κ3) is 13.0. The van der Waals surface area contributed by atoms with E-state index in [2.05, 4.69) is 15.0 Å². The molecule has 1 aliphatic rings. The van der Waals surface area contributed by atoms with Gasteiger partial charge in [0.15, 0.2) is 11.5 Å². The lowest BCUT2D eigenvalue weighted by atomic mass is 9.81. The first-order valence-corrected chi connectivity index (χ1v) is 17.7. The van der Waals surface area contributed by atoms with Gasteiger partial charge in [-0.15, -0.1) is 0 Å². The molecule has 2 aromatic rings. The topological polar surface area (TPSA) is 125 Å². The number of nitrogens with zero attached hydrogens (tertiary/aromatic N) is 4. The summed E-state index contributed by atoms with van der Waals surface area (Å²) in [4.78, 5) is 22.5. The van der Waals surface area contributed by atoms with Gasteiger partial charge in [-0.05, 0) is 19.3 Å². The zero-order chi connectivity index (χ0) is 28.5. The highest BCUT2D eigenvalue weighted by atomic mass is 31.2. The quantitative estimate of drug-likeness (QED) is 0.0946. The molecule has 3 N–H and O–H groups in total. The molecular weight excluding hydrogens is 525 g/mol. The molecule has 228 valence electrons. The summed E-state index contributed by atoms with van der Waals surface area (Å²) < 4.78 is 25.0. The average molecular weight is 580 g/mol. The number of hydrogen-bond acceptors (Lipinski definition) is 7. The summed E-state index contributed by atoms with van der Waals surface area (Å²) in [5.74, 6) is 1.41. The molecule has 0 aliphatic heterocycles. The number of nitrogens with two attached hydrogens (primary N) is 1. The van der Waals surface area contributed by atoms with E-state index in [0.717, 1.165) is 25.2 Å². The van der Waals surface area contributed by atoms with Crippen LogP contribution in [0.25, 0.3) is 11.2 Å². The Kier molecular flexibility index (Phi) is 15.5. The molecule has 1 saturated carbocycles. The third-order valence-corrected chi connectivity index (χ3v) is 9.24. The number of ether oxygens (including phenoxy) is 1. The van der Waals surface area contributed by atoms with E-state index >= 15 is 0 Å². The summed E-state index contributed by atoms with van der Waals surface area (Å²) in [6, 6.07) is 0. The predicted molar refractivity (Wildman–Crippen MR) is 162 cm³/mol. The number of nitrogen functional groups attached to an aromatic ring is 1. The molecule has 1 aliphatic carbocycles. The highest BCUT2D eigenvalue weighted by Gasteiger charge is 2.21. The Bertz CT molecular complexity index is 1000. The molecule has 9 nitrogen and oxygen atoms in total. The second kappa shape index (κ2) is 18.8. The monoisotopic (exact) mass is 579 g/mol. The van der Waals surface area contributed by atoms with Gasteiger partial charge in [-0.1, -0.05) is 116 Å². The molecule has 0 aromatic carbocycles. The molecule has 0 bridgehead atoms. The summed E-state index contributed by atoms with van der Waals surface area (Å²) in [5.41, 5.74) is 6.96. The van der Waals surface area contributed by atoms with Gasteiger partial charge in [0.25, 0.3) is 0 Å². The van der Waals surface area contributed by atoms with Crippen LogP contribution < -0.4 is 5.73 Å². The SMILES string of the molecule is C[C@H](Cn1cnc2c(N)ncnc21)OCP(=O)(O)OCCCCCCCCCCCCCCCCCC1CCC1. The van der Waals surface area contributed by atoms with E-state index in [4.69, 9.17) is 15.0 Å². The van der Waals surface area contributed by atoms with Crippen LogP contribution in [0, 0.1) is 5.92 Å². The largest absolute Gasteiger partial charge is 0.382 e. The molecule has 0 spiro atoms. The van der Waals surface area contributed by atoms with Crippen molar-refractivity contribution in [2.24, 2.45) is 5.92 Å². The normalized spacial score (nSPS) is 16.2. The van der Waals surface area contributed by atoms with Crippen LogP contribution in [0.15, 0.2) is 12.7 Å². The first-order chi connectivity index (χ1) is 19.4. The number of anilines is 1. The first kappa shape index (κ1) is 33.0. The van der Waals surface area contributed by atoms with Crippen LogP contribution in [-0.2, 0) is 20.4 Å². The van der Waals surface area contributed by atoms with E-state index < -0.39 is 7.60 Å². The van der Waals surface area contributed by atoms with Crippen LogP contribution in [0.2, 0.25) is 0 Å². The van der Waals surface area contributed by atoms with E-state index in [9.17, 15) is 9.46 Å². The fraction of sp³-hybridized carbons (Fsp3) is 0.833. The molecule has 0 amide bonds. The number of unbranched alkanes of at least 4 members (excludes halogenated alkanes) is 14. The first-order valence-electron chi connectivity index (χ1n) is 15.9. The minimum Gasteiger partial charge on any atom is -0.382 e. The van der Waals surface area contributed by atoms with E-state index in [-0.39, 0.29) is 19.1 Å². The molecule has 2 atom stereocenters. The van der Waals surface area contributed by atoms with Crippen molar-refractivity contribution in [3.8, 4) is 0 Å². The number of fused-ring (bicyclic) bond motifs is 1. The molecule has 0 saturated heterocycles. The van der Waals surface area contributed by atoms with Gasteiger partial charge >= 0.3 is 7.60 Å². The summed E-state index contributed by atoms with van der Waals surface area (Å²) in [6.45, 7) is 2.54. The Morgan fingerprint density at radius 2 is 1.50 bits per heavy atom. The van der Waals surface area contributed by atoms with E-state index in [1.165, 1.54) is 109 Å². The Hall–Kier alpha value is -1.54. The van der Waals surface area contributed by atoms with Gasteiger partial charge in [0.05, 0.1) is 25.6 Å². The van der Waals surface area contributed by atoms with Crippen LogP contribution in [-0.4, -0.2) is 43.5 Å². The molecular formula is C30H54N5O4P. The van der Waals surface area contributed by atoms with Crippen molar-refractivity contribution in [3.05, 3.63) is 12.7 Å². The lowest BCUT2D eigenvalue weighted by Gasteiger charge is -2.24. The molecule has 2 heterocycles. The Morgan fingerprint density at radius 3 is 2.08 bits per heavy atom. The van der Waals surface area contributed by atoms with Crippen LogP contribution in [0.4, 0.5) is 5.82 Å². The molecule has 40 heavy (non-hydrogen) atoms. The second-order valence-corrected chi connectivity index (χ2v) is 13.6. The minimum absolute atomic E-state index is 0.286. The van der Waals surface area contributed by atoms with Gasteiger partial charge in [-0.25, -0.2) is 15.0 Å². The number of hydrogen-bond donors (Lipinski definition) is 2. The highest BCUT2D eigenvalue weighted by Crippen LogP contribution is 2.42. The highest BCUT2D eigenvalue weighted by molar-refractivity contribution is 7.52. The smallest absolute Gasteiger partial charge is 0.353 e. The lowest BCUT2D eigenvalue weighted by Crippen LogP contribution is -2.17. The van der Waals surface area contributed by atoms with Crippen molar-refractivity contribution in [1.82, 2.24) is 19.5 Å². The Balaban J connectivity index is 1.07. The number of aromatic nitrogens is 4. The molecule has 1 unspecified atom stereocenters. The standard InChI is InChI=1S/C30H54N5O4P/c1-26(22-35-24-34-28-29(31)32-23-33-30(28)35)38-25-40(36,37)39-21-16-14-12-10-8-6-4-2-3-5-7-9-11-13-15-18-27-19-17-20-27/h23-24,26-27H,2-22,25H2,1H3,(H,36,37)(H2,31,32,33)/t26-/m1/s1. The molecule has 2 aromatic heterocycles. The van der Waals surface area contributed by atoms with Crippen molar-refractivity contribution in [1.29, 1.82) is 0 Å². The van der Waals surface area contributed by atoms with Gasteiger partial charge < -0.3 is 24.5 Å². The Labute approximate surface area is 241 Å². The maximum atomic E-state index is 12.3. The molecule has 3 rings (SSSR count). The van der Waals surface area contributed by atoms with Crippen molar-refractivity contribution >= 4 is 24.6 Å². The molecule has 1 fully saturated rings. The summed E-state index contributed by atoms with van der Waals surface area (Å²) >= 11 is 0. The van der Waals surface area contributed by atoms with Crippen molar-refractivity contribution in [2.75, 3.05) is 18.7 Å². The zero-order valence-corrected chi connectivity index (χ0v) is 25.7. The van der Waals surface area contributed by atoms with Crippen LogP contribution in [0.3, 0.4) is 0 Å². The maximum absolute atomic E-state index is 12.3. The van der Waals surface area contributed by atoms with Crippen molar-refractivity contribution in [2.45, 2.75) is 142 Å². The molecule has 10 heteroatoms. The van der Waals surface area contributed by atoms with Crippen LogP contribution in [0.5, 0.6) is 0 Å². The van der Waals surface area contributed by atoms with E-state index in [1.807, 2.05) is 6.92 Å². The maximum Gasteiger partial charge on any atom is 0.353 e. The summed E-state index contributed by atoms with van der Waals surface area (Å²) in [5, 5.41) is 0. The average Bonchev–Trinajstić information content (AvgIpc) is 3.31. The van der Waals surface area contributed by atoms with Crippen LogP contribution >= 0.6 is 7.60 Å². The third-order valence-electron chi connectivity index (χ3n) is 8.18. The fourth-order valence-electron chi connectivity index (χ4n) is 5.44.